The summed E-state index contributed by atoms with van der Waals surface area (Å²) in [4.78, 5) is 41.0. The molecule has 20 heavy (non-hydrogen) atoms. The molecule has 1 atom stereocenters. The highest BCUT2D eigenvalue weighted by Gasteiger charge is 2.17. The zero-order chi connectivity index (χ0) is 16.3. The van der Waals surface area contributed by atoms with Gasteiger partial charge >= 0.3 is 23.9 Å². The maximum Gasteiger partial charge on any atom is 0.331 e. The molecule has 0 aliphatic heterocycles. The molecule has 0 heterocycles. The summed E-state index contributed by atoms with van der Waals surface area (Å²) in [5.41, 5.74) is -0.303. The van der Waals surface area contributed by atoms with Gasteiger partial charge in [-0.15, -0.1) is 0 Å². The van der Waals surface area contributed by atoms with Gasteiger partial charge in [-0.3, -0.25) is 14.4 Å². The standard InChI is InChI=1S/C7H12O4.C5H6O4/c1-5(7(9)11-3)4-6(8)10-2;1-3(5(8)9)2-4(6)7/h5H,4H2,1-3H3;1-2H2,(H,6,7)(H,8,9). The molecule has 0 rings (SSSR count). The van der Waals surface area contributed by atoms with E-state index in [4.69, 9.17) is 10.2 Å². The molecule has 8 heteroatoms. The number of ether oxygens (including phenoxy) is 2. The summed E-state index contributed by atoms with van der Waals surface area (Å²) in [6.07, 6.45) is -0.432. The molecule has 0 aromatic rings. The summed E-state index contributed by atoms with van der Waals surface area (Å²) in [6.45, 7) is 4.63. The van der Waals surface area contributed by atoms with E-state index in [2.05, 4.69) is 16.1 Å². The summed E-state index contributed by atoms with van der Waals surface area (Å²) in [5.74, 6) is -3.66. The summed E-state index contributed by atoms with van der Waals surface area (Å²) in [6, 6.07) is 0. The molecule has 0 aliphatic rings. The molecule has 0 aliphatic carbocycles. The van der Waals surface area contributed by atoms with E-state index in [1.54, 1.807) is 6.92 Å². The van der Waals surface area contributed by atoms with Crippen LogP contribution in [-0.4, -0.2) is 48.3 Å². The Labute approximate surface area is 116 Å². The Morgan fingerprint density at radius 2 is 1.60 bits per heavy atom. The highest BCUT2D eigenvalue weighted by atomic mass is 16.5. The molecule has 0 fully saturated rings. The first-order valence-corrected chi connectivity index (χ1v) is 5.43. The Morgan fingerprint density at radius 1 is 1.10 bits per heavy atom. The van der Waals surface area contributed by atoms with E-state index in [0.29, 0.717) is 0 Å². The van der Waals surface area contributed by atoms with Gasteiger partial charge in [0.05, 0.1) is 33.0 Å². The van der Waals surface area contributed by atoms with Crippen molar-refractivity contribution in [3.8, 4) is 0 Å². The average Bonchev–Trinajstić information content (AvgIpc) is 2.37. The monoisotopic (exact) mass is 290 g/mol. The minimum Gasteiger partial charge on any atom is -0.481 e. The SMILES string of the molecule is C=C(CC(=O)O)C(=O)O.COC(=O)CC(C)C(=O)OC. The summed E-state index contributed by atoms with van der Waals surface area (Å²) < 4.78 is 8.78. The fraction of sp³-hybridized carbons (Fsp3) is 0.500. The van der Waals surface area contributed by atoms with Gasteiger partial charge in [-0.2, -0.15) is 0 Å². The Bertz CT molecular complexity index is 385. The van der Waals surface area contributed by atoms with Crippen LogP contribution in [-0.2, 0) is 28.7 Å². The Hall–Kier alpha value is -2.38. The lowest BCUT2D eigenvalue weighted by atomic mass is 10.1. The molecule has 0 amide bonds. The van der Waals surface area contributed by atoms with Crippen molar-refractivity contribution in [1.82, 2.24) is 0 Å². The number of carbonyl (C=O) groups excluding carboxylic acids is 2. The molecule has 0 saturated carbocycles. The number of hydrogen-bond donors (Lipinski definition) is 2. The average molecular weight is 290 g/mol. The van der Waals surface area contributed by atoms with Crippen molar-refractivity contribution >= 4 is 23.9 Å². The van der Waals surface area contributed by atoms with Crippen LogP contribution < -0.4 is 0 Å². The van der Waals surface area contributed by atoms with Crippen LogP contribution in [0.1, 0.15) is 19.8 Å². The van der Waals surface area contributed by atoms with E-state index in [-0.39, 0.29) is 12.0 Å². The highest BCUT2D eigenvalue weighted by Crippen LogP contribution is 2.04. The van der Waals surface area contributed by atoms with Crippen molar-refractivity contribution in [1.29, 1.82) is 0 Å². The molecule has 114 valence electrons. The second-order valence-electron chi connectivity index (χ2n) is 3.68. The fourth-order valence-corrected chi connectivity index (χ4v) is 0.876. The number of aliphatic carboxylic acids is 2. The molecule has 0 bridgehead atoms. The van der Waals surface area contributed by atoms with Gasteiger partial charge < -0.3 is 19.7 Å². The number of esters is 2. The van der Waals surface area contributed by atoms with Crippen LogP contribution in [0.3, 0.4) is 0 Å². The smallest absolute Gasteiger partial charge is 0.331 e. The lowest BCUT2D eigenvalue weighted by molar-refractivity contribution is -0.151. The second kappa shape index (κ2) is 10.5. The largest absolute Gasteiger partial charge is 0.481 e. The third-order valence-corrected chi connectivity index (χ3v) is 1.97. The zero-order valence-corrected chi connectivity index (χ0v) is 11.5. The number of carbonyl (C=O) groups is 4. The first kappa shape index (κ1) is 19.9. The van der Waals surface area contributed by atoms with Gasteiger partial charge in [-0.1, -0.05) is 13.5 Å². The van der Waals surface area contributed by atoms with Crippen molar-refractivity contribution in [3.63, 3.8) is 0 Å². The van der Waals surface area contributed by atoms with E-state index in [1.807, 2.05) is 0 Å². The van der Waals surface area contributed by atoms with Crippen molar-refractivity contribution in [2.75, 3.05) is 14.2 Å². The summed E-state index contributed by atoms with van der Waals surface area (Å²) in [7, 11) is 2.57. The molecule has 2 N–H and O–H groups in total. The molecular weight excluding hydrogens is 272 g/mol. The van der Waals surface area contributed by atoms with Crippen molar-refractivity contribution in [2.45, 2.75) is 19.8 Å². The predicted octanol–water partition coefficient (Wildman–Crippen LogP) is 0.461. The zero-order valence-electron chi connectivity index (χ0n) is 11.5. The molecule has 0 aromatic heterocycles. The molecule has 0 saturated heterocycles. The molecule has 8 nitrogen and oxygen atoms in total. The van der Waals surface area contributed by atoms with Crippen LogP contribution in [0.2, 0.25) is 0 Å². The van der Waals surface area contributed by atoms with Gasteiger partial charge in [0.1, 0.15) is 0 Å². The number of hydrogen-bond acceptors (Lipinski definition) is 6. The Morgan fingerprint density at radius 3 is 1.85 bits per heavy atom. The van der Waals surface area contributed by atoms with Crippen molar-refractivity contribution < 1.29 is 38.9 Å². The fourth-order valence-electron chi connectivity index (χ4n) is 0.876. The number of carboxylic acids is 2. The van der Waals surface area contributed by atoms with Gasteiger partial charge in [0.2, 0.25) is 0 Å². The van der Waals surface area contributed by atoms with E-state index < -0.39 is 36.2 Å². The lowest BCUT2D eigenvalue weighted by Crippen LogP contribution is -2.17. The first-order chi connectivity index (χ1) is 9.15. The first-order valence-electron chi connectivity index (χ1n) is 5.43. The topological polar surface area (TPSA) is 127 Å². The highest BCUT2D eigenvalue weighted by molar-refractivity contribution is 5.91. The van der Waals surface area contributed by atoms with Gasteiger partial charge in [0.15, 0.2) is 0 Å². The molecular formula is C12H18O8. The maximum atomic E-state index is 10.7. The molecule has 0 aromatic carbocycles. The van der Waals surface area contributed by atoms with E-state index in [1.165, 1.54) is 14.2 Å². The lowest BCUT2D eigenvalue weighted by Gasteiger charge is -2.05. The van der Waals surface area contributed by atoms with Gasteiger partial charge in [-0.25, -0.2) is 4.79 Å². The minimum atomic E-state index is -1.27. The van der Waals surface area contributed by atoms with Crippen LogP contribution >= 0.6 is 0 Å². The molecule has 0 radical (unpaired) electrons. The Balaban J connectivity index is 0. The van der Waals surface area contributed by atoms with Gasteiger partial charge in [0, 0.05) is 5.57 Å². The van der Waals surface area contributed by atoms with E-state index >= 15 is 0 Å². The molecule has 1 unspecified atom stereocenters. The van der Waals surface area contributed by atoms with Crippen LogP contribution in [0.4, 0.5) is 0 Å². The summed E-state index contributed by atoms with van der Waals surface area (Å²) in [5, 5.41) is 16.1. The molecule has 0 spiro atoms. The van der Waals surface area contributed by atoms with Crippen LogP contribution in [0.15, 0.2) is 12.2 Å². The van der Waals surface area contributed by atoms with Crippen LogP contribution in [0.25, 0.3) is 0 Å². The van der Waals surface area contributed by atoms with Crippen molar-refractivity contribution in [2.24, 2.45) is 5.92 Å². The quantitative estimate of drug-likeness (QED) is 0.533. The van der Waals surface area contributed by atoms with Gasteiger partial charge in [0.25, 0.3) is 0 Å². The maximum absolute atomic E-state index is 10.7. The van der Waals surface area contributed by atoms with E-state index in [9.17, 15) is 19.2 Å². The van der Waals surface area contributed by atoms with Crippen LogP contribution in [0.5, 0.6) is 0 Å². The van der Waals surface area contributed by atoms with Crippen LogP contribution in [0, 0.1) is 5.92 Å². The third-order valence-electron chi connectivity index (χ3n) is 1.97. The number of methoxy groups -OCH3 is 2. The predicted molar refractivity (Wildman–Crippen MR) is 66.8 cm³/mol. The van der Waals surface area contributed by atoms with Gasteiger partial charge in [-0.05, 0) is 0 Å². The normalized spacial score (nSPS) is 10.3. The second-order valence-corrected chi connectivity index (χ2v) is 3.68. The number of rotatable bonds is 6. The van der Waals surface area contributed by atoms with Crippen molar-refractivity contribution in [3.05, 3.63) is 12.2 Å². The Kier molecular flexibility index (Phi) is 10.5. The third kappa shape index (κ3) is 10.8. The number of carboxylic acid groups (broad SMARTS) is 2. The minimum absolute atomic E-state index is 0.0726. The summed E-state index contributed by atoms with van der Waals surface area (Å²) >= 11 is 0. The van der Waals surface area contributed by atoms with E-state index in [0.717, 1.165) is 0 Å².